The van der Waals surface area contributed by atoms with Gasteiger partial charge in [0.1, 0.15) is 0 Å². The number of Topliss-reactive ketones (excluding diaryl/α,β-unsaturated/α-hetero) is 1. The number of rotatable bonds is 8. The van der Waals surface area contributed by atoms with Gasteiger partial charge in [0.15, 0.2) is 11.4 Å². The lowest BCUT2D eigenvalue weighted by molar-refractivity contribution is -0.385. The van der Waals surface area contributed by atoms with Crippen LogP contribution >= 0.6 is 0 Å². The van der Waals surface area contributed by atoms with Crippen LogP contribution in [0.25, 0.3) is 0 Å². The average Bonchev–Trinajstić information content (AvgIpc) is 3.01. The first-order chi connectivity index (χ1) is 15.4. The van der Waals surface area contributed by atoms with Gasteiger partial charge in [0, 0.05) is 18.2 Å². The van der Waals surface area contributed by atoms with E-state index in [1.54, 1.807) is 24.3 Å². The summed E-state index contributed by atoms with van der Waals surface area (Å²) in [6, 6.07) is 22.3. The monoisotopic (exact) mass is 430 g/mol. The second-order valence-corrected chi connectivity index (χ2v) is 7.80. The van der Waals surface area contributed by atoms with Gasteiger partial charge < -0.3 is 10.0 Å². The van der Waals surface area contributed by atoms with E-state index in [4.69, 9.17) is 0 Å². The van der Waals surface area contributed by atoms with Gasteiger partial charge in [-0.05, 0) is 30.5 Å². The summed E-state index contributed by atoms with van der Waals surface area (Å²) in [5.41, 5.74) is -0.489. The smallest absolute Gasteiger partial charge is 0.280 e. The van der Waals surface area contributed by atoms with Gasteiger partial charge in [-0.2, -0.15) is 0 Å². The highest BCUT2D eigenvalue weighted by Gasteiger charge is 2.51. The lowest BCUT2D eigenvalue weighted by atomic mass is 9.88. The first-order valence-corrected chi connectivity index (χ1v) is 10.4. The molecule has 0 spiro atoms. The van der Waals surface area contributed by atoms with Gasteiger partial charge in [-0.3, -0.25) is 19.7 Å². The van der Waals surface area contributed by atoms with Crippen molar-refractivity contribution < 1.29 is 19.6 Å². The number of aryl methyl sites for hydroxylation is 1. The van der Waals surface area contributed by atoms with Crippen LogP contribution in [0, 0.1) is 10.1 Å². The lowest BCUT2D eigenvalue weighted by Gasteiger charge is -2.22. The lowest BCUT2D eigenvalue weighted by Crippen LogP contribution is -2.42. The number of aliphatic hydroxyl groups is 1. The molecule has 162 valence electrons. The van der Waals surface area contributed by atoms with Crippen LogP contribution in [0.15, 0.2) is 78.9 Å². The topological polar surface area (TPSA) is 101 Å². The number of anilines is 1. The fraction of sp³-hybridized carbons (Fsp3) is 0.200. The van der Waals surface area contributed by atoms with E-state index in [9.17, 15) is 24.8 Å². The van der Waals surface area contributed by atoms with Crippen molar-refractivity contribution in [2.75, 3.05) is 11.4 Å². The van der Waals surface area contributed by atoms with E-state index < -0.39 is 28.6 Å². The summed E-state index contributed by atoms with van der Waals surface area (Å²) in [5, 5.41) is 22.7. The first-order valence-electron chi connectivity index (χ1n) is 10.4. The standard InChI is InChI=1S/C25H22N2O5/c28-23(19-12-4-6-14-21(19)27(31)32)17-25(30)20-13-5-7-15-22(20)26(24(25)29)16-8-11-18-9-2-1-3-10-18/h1-7,9-10,12-15,30H,8,11,16-17H2. The zero-order valence-electron chi connectivity index (χ0n) is 17.3. The Hall–Kier alpha value is -3.84. The predicted molar refractivity (Wildman–Crippen MR) is 119 cm³/mol. The average molecular weight is 430 g/mol. The van der Waals surface area contributed by atoms with Crippen LogP contribution in [-0.2, 0) is 16.8 Å². The molecule has 0 saturated heterocycles. The number of nitro benzene ring substituents is 1. The summed E-state index contributed by atoms with van der Waals surface area (Å²) in [6.07, 6.45) is 0.877. The summed E-state index contributed by atoms with van der Waals surface area (Å²) in [5.74, 6) is -1.24. The predicted octanol–water partition coefficient (Wildman–Crippen LogP) is 4.03. The van der Waals surface area contributed by atoms with Crippen LogP contribution in [0.3, 0.4) is 0 Å². The molecule has 0 saturated carbocycles. The Morgan fingerprint density at radius 1 is 0.969 bits per heavy atom. The maximum atomic E-state index is 13.3. The number of nitro groups is 1. The van der Waals surface area contributed by atoms with Gasteiger partial charge in [0.25, 0.3) is 11.6 Å². The number of benzene rings is 3. The molecule has 3 aromatic rings. The molecule has 32 heavy (non-hydrogen) atoms. The highest BCUT2D eigenvalue weighted by Crippen LogP contribution is 2.43. The van der Waals surface area contributed by atoms with E-state index in [-0.39, 0.29) is 11.3 Å². The van der Waals surface area contributed by atoms with E-state index in [1.807, 2.05) is 30.3 Å². The van der Waals surface area contributed by atoms with Crippen LogP contribution in [0.1, 0.15) is 34.3 Å². The van der Waals surface area contributed by atoms with Crippen molar-refractivity contribution in [3.05, 3.63) is 106 Å². The van der Waals surface area contributed by atoms with E-state index >= 15 is 0 Å². The normalized spacial score (nSPS) is 17.3. The molecule has 0 aliphatic carbocycles. The van der Waals surface area contributed by atoms with Crippen molar-refractivity contribution in [1.29, 1.82) is 0 Å². The molecule has 1 aliphatic heterocycles. The Morgan fingerprint density at radius 2 is 1.62 bits per heavy atom. The zero-order valence-corrected chi connectivity index (χ0v) is 17.3. The number of carbonyl (C=O) groups excluding carboxylic acids is 2. The molecule has 1 N–H and O–H groups in total. The highest BCUT2D eigenvalue weighted by molar-refractivity contribution is 6.11. The van der Waals surface area contributed by atoms with Gasteiger partial charge in [-0.15, -0.1) is 0 Å². The molecule has 1 amide bonds. The molecule has 0 aromatic heterocycles. The van der Waals surface area contributed by atoms with Gasteiger partial charge in [-0.25, -0.2) is 0 Å². The van der Waals surface area contributed by atoms with Crippen molar-refractivity contribution in [2.24, 2.45) is 0 Å². The van der Waals surface area contributed by atoms with Gasteiger partial charge in [-0.1, -0.05) is 60.7 Å². The van der Waals surface area contributed by atoms with E-state index in [2.05, 4.69) is 0 Å². The quantitative estimate of drug-likeness (QED) is 0.330. The number of nitrogens with zero attached hydrogens (tertiary/aromatic N) is 2. The van der Waals surface area contributed by atoms with E-state index in [1.165, 1.54) is 29.2 Å². The molecule has 0 fully saturated rings. The fourth-order valence-corrected chi connectivity index (χ4v) is 4.18. The molecule has 1 aliphatic rings. The van der Waals surface area contributed by atoms with Crippen molar-refractivity contribution in [2.45, 2.75) is 24.9 Å². The largest absolute Gasteiger partial charge is 0.375 e. The summed E-state index contributed by atoms with van der Waals surface area (Å²) < 4.78 is 0. The van der Waals surface area contributed by atoms with Gasteiger partial charge >= 0.3 is 0 Å². The van der Waals surface area contributed by atoms with Crippen molar-refractivity contribution in [3.63, 3.8) is 0 Å². The van der Waals surface area contributed by atoms with Crippen LogP contribution in [-0.4, -0.2) is 28.3 Å². The minimum absolute atomic E-state index is 0.126. The molecule has 4 rings (SSSR count). The van der Waals surface area contributed by atoms with Crippen molar-refractivity contribution >= 4 is 23.1 Å². The van der Waals surface area contributed by atoms with E-state index in [0.717, 1.165) is 12.0 Å². The number of ketones is 1. The Labute approximate surface area is 185 Å². The fourth-order valence-electron chi connectivity index (χ4n) is 4.18. The molecule has 1 heterocycles. The van der Waals surface area contributed by atoms with Crippen LogP contribution < -0.4 is 4.90 Å². The van der Waals surface area contributed by atoms with Crippen LogP contribution in [0.2, 0.25) is 0 Å². The molecule has 3 aromatic carbocycles. The molecule has 1 unspecified atom stereocenters. The first kappa shape index (κ1) is 21.4. The third kappa shape index (κ3) is 3.90. The number of carbonyl (C=O) groups is 2. The maximum absolute atomic E-state index is 13.3. The third-order valence-electron chi connectivity index (χ3n) is 5.75. The number of fused-ring (bicyclic) bond motifs is 1. The second-order valence-electron chi connectivity index (χ2n) is 7.80. The Morgan fingerprint density at radius 3 is 2.38 bits per heavy atom. The Bertz CT molecular complexity index is 1180. The molecule has 0 radical (unpaired) electrons. The summed E-state index contributed by atoms with van der Waals surface area (Å²) >= 11 is 0. The molecule has 0 bridgehead atoms. The molecule has 7 heteroatoms. The molecule has 1 atom stereocenters. The number of hydrogen-bond acceptors (Lipinski definition) is 5. The summed E-state index contributed by atoms with van der Waals surface area (Å²) in [6.45, 7) is 0.382. The van der Waals surface area contributed by atoms with Crippen LogP contribution in [0.5, 0.6) is 0 Å². The number of amides is 1. The third-order valence-corrected chi connectivity index (χ3v) is 5.75. The highest BCUT2D eigenvalue weighted by atomic mass is 16.6. The molecule has 7 nitrogen and oxygen atoms in total. The van der Waals surface area contributed by atoms with Gasteiger partial charge in [0.05, 0.1) is 22.6 Å². The zero-order chi connectivity index (χ0) is 22.7. The number of para-hydroxylation sites is 2. The van der Waals surface area contributed by atoms with Crippen molar-refractivity contribution in [3.8, 4) is 0 Å². The summed E-state index contributed by atoms with van der Waals surface area (Å²) in [4.78, 5) is 38.4. The second kappa shape index (κ2) is 8.72. The minimum Gasteiger partial charge on any atom is -0.375 e. The minimum atomic E-state index is -2.07. The van der Waals surface area contributed by atoms with Gasteiger partial charge in [0.2, 0.25) is 0 Å². The molecular formula is C25H22N2O5. The maximum Gasteiger partial charge on any atom is 0.280 e. The van der Waals surface area contributed by atoms with E-state index in [0.29, 0.717) is 24.2 Å². The number of hydrogen-bond donors (Lipinski definition) is 1. The molecular weight excluding hydrogens is 408 g/mol. The Kier molecular flexibility index (Phi) is 5.83. The van der Waals surface area contributed by atoms with Crippen molar-refractivity contribution in [1.82, 2.24) is 0 Å². The SMILES string of the molecule is O=C(CC1(O)C(=O)N(CCCc2ccccc2)c2ccccc21)c1ccccc1[N+](=O)[O-]. The van der Waals surface area contributed by atoms with Crippen LogP contribution in [0.4, 0.5) is 11.4 Å². The Balaban J connectivity index is 1.58. The summed E-state index contributed by atoms with van der Waals surface area (Å²) in [7, 11) is 0.